The zero-order valence-electron chi connectivity index (χ0n) is 19.2. The Morgan fingerprint density at radius 2 is 1.50 bits per heavy atom. The topological polar surface area (TPSA) is 25.8 Å². The van der Waals surface area contributed by atoms with Gasteiger partial charge in [0.2, 0.25) is 0 Å². The second-order valence-corrected chi connectivity index (χ2v) is 9.47. The Hall–Kier alpha value is -2.57. The summed E-state index contributed by atoms with van der Waals surface area (Å²) >= 11 is 0. The number of hydrogen-bond donors (Lipinski definition) is 0. The van der Waals surface area contributed by atoms with Gasteiger partial charge in [-0.25, -0.2) is 0 Å². The molecule has 0 aliphatic carbocycles. The molecule has 4 aromatic rings. The van der Waals surface area contributed by atoms with Gasteiger partial charge in [0, 0.05) is 17.3 Å². The maximum atomic E-state index is 5.05. The van der Waals surface area contributed by atoms with Gasteiger partial charge in [-0.2, -0.15) is 0 Å². The first kappa shape index (κ1) is 24.1. The van der Waals surface area contributed by atoms with Gasteiger partial charge >= 0.3 is 21.1 Å². The zero-order chi connectivity index (χ0) is 22.1. The van der Waals surface area contributed by atoms with Crippen molar-refractivity contribution in [3.8, 4) is 22.5 Å². The number of nitrogens with zero attached hydrogens (tertiary/aromatic N) is 2. The summed E-state index contributed by atoms with van der Waals surface area (Å²) in [6.07, 6.45) is 1.81. The Morgan fingerprint density at radius 1 is 0.750 bits per heavy atom. The summed E-state index contributed by atoms with van der Waals surface area (Å²) < 4.78 is 0. The standard InChI is InChI=1S/C29H28N2.Pt/c1-28(2,3)23-13-8-12-22(19-23)26-16-10-17-27(31-26)29(4,5)24-14-9-11-21(20-24)25-15-6-7-18-30-25;/h6-11,13-19H,1-5H3;/q-2;+2. The predicted octanol–water partition coefficient (Wildman–Crippen LogP) is 7.03. The second kappa shape index (κ2) is 9.51. The maximum Gasteiger partial charge on any atom is 2.00 e. The van der Waals surface area contributed by atoms with Crippen LogP contribution in [0.1, 0.15) is 51.4 Å². The molecule has 2 aromatic heterocycles. The fraction of sp³-hybridized carbons (Fsp3) is 0.241. The van der Waals surface area contributed by atoms with E-state index in [2.05, 4.69) is 100 Å². The maximum absolute atomic E-state index is 5.05. The van der Waals surface area contributed by atoms with E-state index in [1.165, 1.54) is 5.56 Å². The number of benzene rings is 2. The summed E-state index contributed by atoms with van der Waals surface area (Å²) in [7, 11) is 0. The molecule has 0 spiro atoms. The smallest absolute Gasteiger partial charge is 0.305 e. The minimum atomic E-state index is -0.303. The summed E-state index contributed by atoms with van der Waals surface area (Å²) in [4.78, 5) is 9.53. The molecule has 2 nitrogen and oxygen atoms in total. The number of aromatic nitrogens is 2. The first-order chi connectivity index (χ1) is 14.7. The normalized spacial score (nSPS) is 11.7. The van der Waals surface area contributed by atoms with Gasteiger partial charge in [0.1, 0.15) is 0 Å². The van der Waals surface area contributed by atoms with Crippen LogP contribution in [0.3, 0.4) is 0 Å². The van der Waals surface area contributed by atoms with Gasteiger partial charge in [-0.05, 0) is 28.9 Å². The summed E-state index contributed by atoms with van der Waals surface area (Å²) in [5.41, 5.74) is 7.05. The molecular formula is C29H28N2Pt. The number of rotatable bonds is 4. The third-order valence-electron chi connectivity index (χ3n) is 5.74. The Labute approximate surface area is 206 Å². The molecule has 0 bridgehead atoms. The molecule has 0 atom stereocenters. The van der Waals surface area contributed by atoms with Crippen LogP contribution < -0.4 is 0 Å². The average Bonchev–Trinajstić information content (AvgIpc) is 2.79. The van der Waals surface area contributed by atoms with Crippen LogP contribution >= 0.6 is 0 Å². The third-order valence-corrected chi connectivity index (χ3v) is 5.74. The molecule has 0 aliphatic rings. The van der Waals surface area contributed by atoms with E-state index in [1.54, 1.807) is 0 Å². The molecule has 0 saturated heterocycles. The third kappa shape index (κ3) is 5.08. The molecule has 0 fully saturated rings. The SMILES string of the molecule is CC(C)(C)c1cc[c-]c(-c2cccc(C(C)(C)c3[c-]c(-c4ccccn4)ccc3)n2)c1.[Pt+2]. The molecule has 0 aliphatic heterocycles. The number of pyridine rings is 2. The average molecular weight is 600 g/mol. The van der Waals surface area contributed by atoms with Crippen LogP contribution in [-0.4, -0.2) is 9.97 Å². The van der Waals surface area contributed by atoms with Gasteiger partial charge in [0.15, 0.2) is 0 Å². The van der Waals surface area contributed by atoms with E-state index in [-0.39, 0.29) is 31.9 Å². The van der Waals surface area contributed by atoms with Crippen molar-refractivity contribution in [2.75, 3.05) is 0 Å². The Morgan fingerprint density at radius 3 is 2.22 bits per heavy atom. The minimum absolute atomic E-state index is 0. The van der Waals surface area contributed by atoms with Crippen LogP contribution in [0.5, 0.6) is 0 Å². The van der Waals surface area contributed by atoms with E-state index >= 15 is 0 Å². The fourth-order valence-corrected chi connectivity index (χ4v) is 3.66. The Kier molecular flexibility index (Phi) is 7.15. The van der Waals surface area contributed by atoms with E-state index in [1.807, 2.05) is 30.5 Å². The summed E-state index contributed by atoms with van der Waals surface area (Å²) in [5, 5.41) is 0. The molecule has 0 unspecified atom stereocenters. The largest absolute Gasteiger partial charge is 2.00 e. The van der Waals surface area contributed by atoms with E-state index in [4.69, 9.17) is 4.98 Å². The first-order valence-corrected chi connectivity index (χ1v) is 10.7. The van der Waals surface area contributed by atoms with Crippen LogP contribution in [0, 0.1) is 12.1 Å². The van der Waals surface area contributed by atoms with Gasteiger partial charge < -0.3 is 9.97 Å². The molecule has 32 heavy (non-hydrogen) atoms. The summed E-state index contributed by atoms with van der Waals surface area (Å²) in [6, 6.07) is 31.7. The van der Waals surface area contributed by atoms with Crippen molar-refractivity contribution >= 4 is 0 Å². The molecule has 4 rings (SSSR count). The van der Waals surface area contributed by atoms with E-state index < -0.39 is 0 Å². The van der Waals surface area contributed by atoms with Crippen molar-refractivity contribution in [2.24, 2.45) is 0 Å². The molecule has 164 valence electrons. The van der Waals surface area contributed by atoms with Crippen molar-refractivity contribution < 1.29 is 21.1 Å². The van der Waals surface area contributed by atoms with Crippen molar-refractivity contribution in [2.45, 2.75) is 45.4 Å². The molecule has 0 saturated carbocycles. The molecule has 0 amide bonds. The predicted molar refractivity (Wildman–Crippen MR) is 128 cm³/mol. The van der Waals surface area contributed by atoms with Gasteiger partial charge in [-0.3, -0.25) is 0 Å². The number of hydrogen-bond acceptors (Lipinski definition) is 2. The van der Waals surface area contributed by atoms with Gasteiger partial charge in [-0.1, -0.05) is 58.9 Å². The molecule has 0 N–H and O–H groups in total. The van der Waals surface area contributed by atoms with Gasteiger partial charge in [0.05, 0.1) is 0 Å². The quantitative estimate of drug-likeness (QED) is 0.236. The van der Waals surface area contributed by atoms with Crippen molar-refractivity contribution in [3.05, 3.63) is 108 Å². The Balaban J connectivity index is 0.00000289. The van der Waals surface area contributed by atoms with Crippen LogP contribution in [0.2, 0.25) is 0 Å². The molecule has 0 radical (unpaired) electrons. The molecular weight excluding hydrogens is 571 g/mol. The van der Waals surface area contributed by atoms with Gasteiger partial charge in [-0.15, -0.1) is 70.8 Å². The minimum Gasteiger partial charge on any atom is -0.305 e. The van der Waals surface area contributed by atoms with Crippen molar-refractivity contribution in [1.82, 2.24) is 9.97 Å². The Bertz CT molecular complexity index is 1190. The molecule has 3 heteroatoms. The van der Waals surface area contributed by atoms with Crippen molar-refractivity contribution in [1.29, 1.82) is 0 Å². The zero-order valence-corrected chi connectivity index (χ0v) is 21.5. The van der Waals surface area contributed by atoms with Crippen molar-refractivity contribution in [3.63, 3.8) is 0 Å². The molecule has 2 aromatic carbocycles. The molecule has 2 heterocycles. The van der Waals surface area contributed by atoms with E-state index in [0.29, 0.717) is 0 Å². The first-order valence-electron chi connectivity index (χ1n) is 10.7. The van der Waals surface area contributed by atoms with Gasteiger partial charge in [0.25, 0.3) is 0 Å². The van der Waals surface area contributed by atoms with Crippen LogP contribution in [-0.2, 0) is 31.9 Å². The second-order valence-electron chi connectivity index (χ2n) is 9.47. The van der Waals surface area contributed by atoms with E-state index in [9.17, 15) is 0 Å². The van der Waals surface area contributed by atoms with Crippen LogP contribution in [0.15, 0.2) is 79.0 Å². The van der Waals surface area contributed by atoms with E-state index in [0.717, 1.165) is 33.8 Å². The fourth-order valence-electron chi connectivity index (χ4n) is 3.66. The summed E-state index contributed by atoms with van der Waals surface area (Å²) in [5.74, 6) is 0. The van der Waals surface area contributed by atoms with Crippen LogP contribution in [0.4, 0.5) is 0 Å². The summed E-state index contributed by atoms with van der Waals surface area (Å²) in [6.45, 7) is 11.1. The monoisotopic (exact) mass is 599 g/mol. The van der Waals surface area contributed by atoms with Crippen LogP contribution in [0.25, 0.3) is 22.5 Å².